The molecule has 2 amide bonds. The van der Waals surface area contributed by atoms with Crippen LogP contribution in [0.2, 0.25) is 0 Å². The molecule has 0 radical (unpaired) electrons. The summed E-state index contributed by atoms with van der Waals surface area (Å²) in [5, 5.41) is 2.86. The average molecular weight is 570 g/mol. The van der Waals surface area contributed by atoms with Gasteiger partial charge in [-0.05, 0) is 73.9 Å². The molecule has 1 N–H and O–H groups in total. The monoisotopic (exact) mass is 569 g/mol. The number of sulfonamides is 1. The van der Waals surface area contributed by atoms with Gasteiger partial charge in [-0.3, -0.25) is 13.9 Å². The van der Waals surface area contributed by atoms with Crippen molar-refractivity contribution in [3.63, 3.8) is 0 Å². The third kappa shape index (κ3) is 8.05. The fourth-order valence-electron chi connectivity index (χ4n) is 4.12. The zero-order chi connectivity index (χ0) is 29.1. The summed E-state index contributed by atoms with van der Waals surface area (Å²) in [7, 11) is -2.78. The highest BCUT2D eigenvalue weighted by molar-refractivity contribution is 7.92. The van der Waals surface area contributed by atoms with Gasteiger partial charge >= 0.3 is 0 Å². The van der Waals surface area contributed by atoms with Crippen LogP contribution in [-0.2, 0) is 26.0 Å². The van der Waals surface area contributed by atoms with Crippen molar-refractivity contribution in [2.45, 2.75) is 44.0 Å². The minimum Gasteiger partial charge on any atom is -0.497 e. The summed E-state index contributed by atoms with van der Waals surface area (Å²) in [6.45, 7) is 3.74. The summed E-state index contributed by atoms with van der Waals surface area (Å²) in [5.74, 6) is -0.950. The molecule has 0 saturated carbocycles. The Kier molecular flexibility index (Phi) is 11.1. The molecule has 0 aliphatic carbocycles. The Balaban J connectivity index is 1.94. The number of rotatable bonds is 14. The number of carbonyl (C=O) groups is 2. The average Bonchev–Trinajstić information content (AvgIpc) is 2.97. The molecule has 3 aromatic carbocycles. The molecule has 0 aromatic heterocycles. The van der Waals surface area contributed by atoms with Gasteiger partial charge in [0.15, 0.2) is 0 Å². The first kappa shape index (κ1) is 30.6. The Bertz CT molecular complexity index is 1350. The number of methoxy groups -OCH3 is 1. The Morgan fingerprint density at radius 1 is 0.975 bits per heavy atom. The van der Waals surface area contributed by atoms with E-state index in [4.69, 9.17) is 4.74 Å². The number of unbranched alkanes of at least 4 members (excludes halogenated alkanes) is 1. The summed E-state index contributed by atoms with van der Waals surface area (Å²) in [6, 6.07) is 19.3. The van der Waals surface area contributed by atoms with E-state index in [2.05, 4.69) is 5.32 Å². The maximum Gasteiger partial charge on any atom is 0.264 e. The fourth-order valence-corrected chi connectivity index (χ4v) is 5.53. The molecule has 0 unspecified atom stereocenters. The van der Waals surface area contributed by atoms with Crippen molar-refractivity contribution in [2.24, 2.45) is 0 Å². The van der Waals surface area contributed by atoms with Crippen LogP contribution in [0.5, 0.6) is 5.75 Å². The van der Waals surface area contributed by atoms with Crippen LogP contribution in [0.25, 0.3) is 0 Å². The lowest BCUT2D eigenvalue weighted by Crippen LogP contribution is -2.52. The van der Waals surface area contributed by atoms with Gasteiger partial charge in [0.2, 0.25) is 11.8 Å². The molecular weight excluding hydrogens is 533 g/mol. The molecule has 0 spiro atoms. The van der Waals surface area contributed by atoms with Crippen LogP contribution in [0.1, 0.15) is 32.3 Å². The largest absolute Gasteiger partial charge is 0.497 e. The first-order chi connectivity index (χ1) is 19.2. The van der Waals surface area contributed by atoms with Crippen molar-refractivity contribution < 1.29 is 27.1 Å². The molecule has 40 heavy (non-hydrogen) atoms. The third-order valence-electron chi connectivity index (χ3n) is 6.52. The lowest BCUT2D eigenvalue weighted by atomic mass is 10.1. The standard InChI is InChI=1S/C30H36FN3O5S/c1-4-5-20-32-30(36)23(2)33(21-19-24-9-7-6-8-10-24)29(35)22-34(26-13-11-25(31)12-14-26)40(37,38)28-17-15-27(39-3)16-18-28/h6-18,23H,4-5,19-22H2,1-3H3,(H,32,36)/t23-/m0/s1. The summed E-state index contributed by atoms with van der Waals surface area (Å²) in [5.41, 5.74) is 1.09. The zero-order valence-corrected chi connectivity index (χ0v) is 23.9. The van der Waals surface area contributed by atoms with E-state index in [9.17, 15) is 22.4 Å². The predicted molar refractivity (Wildman–Crippen MR) is 153 cm³/mol. The summed E-state index contributed by atoms with van der Waals surface area (Å²) in [4.78, 5) is 28.1. The van der Waals surface area contributed by atoms with Gasteiger partial charge in [0.1, 0.15) is 24.2 Å². The van der Waals surface area contributed by atoms with Crippen LogP contribution in [0.3, 0.4) is 0 Å². The normalized spacial score (nSPS) is 11.9. The van der Waals surface area contributed by atoms with Crippen molar-refractivity contribution in [1.82, 2.24) is 10.2 Å². The van der Waals surface area contributed by atoms with Crippen LogP contribution in [0.15, 0.2) is 83.8 Å². The summed E-state index contributed by atoms with van der Waals surface area (Å²) >= 11 is 0. The third-order valence-corrected chi connectivity index (χ3v) is 8.31. The molecular formula is C30H36FN3O5S. The number of anilines is 1. The molecule has 0 aliphatic heterocycles. The maximum atomic E-state index is 13.8. The Morgan fingerprint density at radius 2 is 1.62 bits per heavy atom. The van der Waals surface area contributed by atoms with Gasteiger partial charge in [-0.25, -0.2) is 12.8 Å². The second-order valence-corrected chi connectivity index (χ2v) is 11.2. The van der Waals surface area contributed by atoms with E-state index < -0.39 is 34.3 Å². The highest BCUT2D eigenvalue weighted by Gasteiger charge is 2.32. The van der Waals surface area contributed by atoms with Crippen LogP contribution in [0.4, 0.5) is 10.1 Å². The van der Waals surface area contributed by atoms with Crippen molar-refractivity contribution in [1.29, 1.82) is 0 Å². The smallest absolute Gasteiger partial charge is 0.264 e. The summed E-state index contributed by atoms with van der Waals surface area (Å²) in [6.07, 6.45) is 2.18. The van der Waals surface area contributed by atoms with E-state index in [1.807, 2.05) is 37.3 Å². The number of nitrogens with zero attached hydrogens (tertiary/aromatic N) is 2. The van der Waals surface area contributed by atoms with E-state index in [-0.39, 0.29) is 23.0 Å². The Morgan fingerprint density at radius 3 is 2.23 bits per heavy atom. The van der Waals surface area contributed by atoms with Gasteiger partial charge in [-0.15, -0.1) is 0 Å². The molecule has 3 rings (SSSR count). The van der Waals surface area contributed by atoms with Gasteiger partial charge in [0.25, 0.3) is 10.0 Å². The van der Waals surface area contributed by atoms with Crippen LogP contribution < -0.4 is 14.4 Å². The van der Waals surface area contributed by atoms with Crippen molar-refractivity contribution in [3.8, 4) is 5.75 Å². The lowest BCUT2D eigenvalue weighted by molar-refractivity contribution is -0.138. The predicted octanol–water partition coefficient (Wildman–Crippen LogP) is 4.41. The number of amides is 2. The Hall–Kier alpha value is -3.92. The first-order valence-corrected chi connectivity index (χ1v) is 14.6. The molecule has 0 saturated heterocycles. The molecule has 1 atom stereocenters. The molecule has 3 aromatic rings. The van der Waals surface area contributed by atoms with Crippen molar-refractivity contribution >= 4 is 27.5 Å². The Labute approximate surface area is 235 Å². The quantitative estimate of drug-likeness (QED) is 0.290. The number of halogens is 1. The van der Waals surface area contributed by atoms with Gasteiger partial charge < -0.3 is 15.0 Å². The maximum absolute atomic E-state index is 13.8. The lowest BCUT2D eigenvalue weighted by Gasteiger charge is -2.32. The second kappa shape index (κ2) is 14.5. The number of nitrogens with one attached hydrogen (secondary N) is 1. The van der Waals surface area contributed by atoms with Crippen LogP contribution in [0, 0.1) is 5.82 Å². The van der Waals surface area contributed by atoms with E-state index >= 15 is 0 Å². The molecule has 0 heterocycles. The molecule has 8 nitrogen and oxygen atoms in total. The number of hydrogen-bond acceptors (Lipinski definition) is 5. The number of carbonyl (C=O) groups excluding carboxylic acids is 2. The van der Waals surface area contributed by atoms with Crippen LogP contribution in [-0.4, -0.2) is 57.9 Å². The molecule has 0 aliphatic rings. The number of benzene rings is 3. The van der Waals surface area contributed by atoms with Gasteiger partial charge in [-0.1, -0.05) is 43.7 Å². The second-order valence-electron chi connectivity index (χ2n) is 9.31. The molecule has 0 bridgehead atoms. The van der Waals surface area contributed by atoms with E-state index in [1.165, 1.54) is 48.4 Å². The van der Waals surface area contributed by atoms with E-state index in [1.54, 1.807) is 6.92 Å². The van der Waals surface area contributed by atoms with E-state index in [0.717, 1.165) is 34.8 Å². The van der Waals surface area contributed by atoms with Crippen molar-refractivity contribution in [3.05, 3.63) is 90.2 Å². The van der Waals surface area contributed by atoms with E-state index in [0.29, 0.717) is 18.7 Å². The van der Waals surface area contributed by atoms with Crippen molar-refractivity contribution in [2.75, 3.05) is 31.0 Å². The SMILES string of the molecule is CCCCNC(=O)[C@H](C)N(CCc1ccccc1)C(=O)CN(c1ccc(F)cc1)S(=O)(=O)c1ccc(OC)cc1. The zero-order valence-electron chi connectivity index (χ0n) is 23.0. The van der Waals surface area contributed by atoms with Crippen LogP contribution >= 0.6 is 0 Å². The van der Waals surface area contributed by atoms with Gasteiger partial charge in [0, 0.05) is 13.1 Å². The number of ether oxygens (including phenoxy) is 1. The number of hydrogen-bond donors (Lipinski definition) is 1. The molecule has 10 heteroatoms. The van der Waals surface area contributed by atoms with Gasteiger partial charge in [0.05, 0.1) is 17.7 Å². The molecule has 0 fully saturated rings. The fraction of sp³-hybridized carbons (Fsp3) is 0.333. The minimum atomic E-state index is -4.24. The minimum absolute atomic E-state index is 0.0633. The van der Waals surface area contributed by atoms with Gasteiger partial charge in [-0.2, -0.15) is 0 Å². The molecule has 214 valence electrons. The highest BCUT2D eigenvalue weighted by atomic mass is 32.2. The summed E-state index contributed by atoms with van der Waals surface area (Å²) < 4.78 is 47.3. The topological polar surface area (TPSA) is 96.0 Å². The highest BCUT2D eigenvalue weighted by Crippen LogP contribution is 2.26. The first-order valence-electron chi connectivity index (χ1n) is 13.2.